The third-order valence-corrected chi connectivity index (χ3v) is 5.41. The first kappa shape index (κ1) is 15.0. The van der Waals surface area contributed by atoms with Crippen molar-refractivity contribution < 1.29 is 8.42 Å². The summed E-state index contributed by atoms with van der Waals surface area (Å²) in [5.74, 6) is 0.673. The van der Waals surface area contributed by atoms with E-state index in [1.54, 1.807) is 19.2 Å². The summed E-state index contributed by atoms with van der Waals surface area (Å²) in [5.41, 5.74) is 0. The Morgan fingerprint density at radius 2 is 2.15 bits per heavy atom. The van der Waals surface area contributed by atoms with Crippen LogP contribution in [0.25, 0.3) is 0 Å². The second kappa shape index (κ2) is 6.34. The van der Waals surface area contributed by atoms with Gasteiger partial charge in [0.15, 0.2) is 0 Å². The lowest BCUT2D eigenvalue weighted by Gasteiger charge is -2.16. The minimum atomic E-state index is -3.50. The van der Waals surface area contributed by atoms with Crippen molar-refractivity contribution in [3.8, 4) is 0 Å². The molecule has 1 N–H and O–H groups in total. The Labute approximate surface area is 123 Å². The quantitative estimate of drug-likeness (QED) is 0.890. The summed E-state index contributed by atoms with van der Waals surface area (Å²) in [5, 5.41) is 4.97. The van der Waals surface area contributed by atoms with Gasteiger partial charge in [-0.05, 0) is 30.5 Å². The van der Waals surface area contributed by atoms with Crippen molar-refractivity contribution in [2.75, 3.05) is 18.9 Å². The second-order valence-corrected chi connectivity index (χ2v) is 7.33. The van der Waals surface area contributed by atoms with Crippen molar-refractivity contribution >= 4 is 27.2 Å². The monoisotopic (exact) mass is 311 g/mol. The van der Waals surface area contributed by atoms with Crippen LogP contribution < -0.4 is 5.32 Å². The van der Waals surface area contributed by atoms with Crippen LogP contribution in [-0.2, 0) is 16.6 Å². The summed E-state index contributed by atoms with van der Waals surface area (Å²) < 4.78 is 26.1. The van der Waals surface area contributed by atoms with Crippen molar-refractivity contribution in [1.82, 2.24) is 9.29 Å². The van der Waals surface area contributed by atoms with Crippen LogP contribution in [0, 0.1) is 0 Å². The molecule has 0 aliphatic heterocycles. The molecule has 0 amide bonds. The second-order valence-electron chi connectivity index (χ2n) is 4.25. The minimum absolute atomic E-state index is 0.207. The Balaban J connectivity index is 2.16. The van der Waals surface area contributed by atoms with Gasteiger partial charge in [0, 0.05) is 31.2 Å². The first-order valence-corrected chi connectivity index (χ1v) is 8.54. The van der Waals surface area contributed by atoms with Gasteiger partial charge in [0.1, 0.15) is 10.7 Å². The molecule has 2 rings (SSSR count). The molecule has 7 heteroatoms. The van der Waals surface area contributed by atoms with Gasteiger partial charge < -0.3 is 5.32 Å². The zero-order valence-corrected chi connectivity index (χ0v) is 13.0. The highest BCUT2D eigenvalue weighted by molar-refractivity contribution is 7.89. The lowest BCUT2D eigenvalue weighted by molar-refractivity contribution is 0.469. The molecule has 0 aliphatic rings. The third kappa shape index (κ3) is 3.36. The highest BCUT2D eigenvalue weighted by atomic mass is 32.2. The third-order valence-electron chi connectivity index (χ3n) is 2.76. The average Bonchev–Trinajstić information content (AvgIpc) is 2.92. The van der Waals surface area contributed by atoms with Crippen molar-refractivity contribution in [3.05, 3.63) is 40.7 Å². The predicted octanol–water partition coefficient (Wildman–Crippen LogP) is 2.40. The van der Waals surface area contributed by atoms with Gasteiger partial charge in [-0.25, -0.2) is 13.4 Å². The molecule has 2 aromatic rings. The van der Waals surface area contributed by atoms with E-state index in [1.165, 1.54) is 21.8 Å². The normalized spacial score (nSPS) is 11.8. The molecule has 0 unspecified atom stereocenters. The number of rotatable bonds is 6. The molecule has 0 atom stereocenters. The van der Waals surface area contributed by atoms with Gasteiger partial charge in [-0.3, -0.25) is 0 Å². The maximum atomic E-state index is 12.4. The molecule has 0 aromatic carbocycles. The number of hydrogen-bond donors (Lipinski definition) is 1. The molecule has 0 aliphatic carbocycles. The fraction of sp³-hybridized carbons (Fsp3) is 0.308. The largest absolute Gasteiger partial charge is 0.370 e. The molecule has 0 fully saturated rings. The number of nitrogens with zero attached hydrogens (tertiary/aromatic N) is 2. The molecular formula is C13H17N3O2S2. The summed E-state index contributed by atoms with van der Waals surface area (Å²) in [4.78, 5) is 5.31. The number of sulfonamides is 1. The molecule has 5 nitrogen and oxygen atoms in total. The summed E-state index contributed by atoms with van der Waals surface area (Å²) in [6.45, 7) is 3.08. The molecule has 0 bridgehead atoms. The van der Waals surface area contributed by atoms with Crippen LogP contribution in [0.3, 0.4) is 0 Å². The van der Waals surface area contributed by atoms with E-state index in [9.17, 15) is 8.42 Å². The Hall–Kier alpha value is -1.44. The average molecular weight is 311 g/mol. The summed E-state index contributed by atoms with van der Waals surface area (Å²) >= 11 is 1.54. The van der Waals surface area contributed by atoms with Crippen molar-refractivity contribution in [2.24, 2.45) is 0 Å². The van der Waals surface area contributed by atoms with E-state index >= 15 is 0 Å². The topological polar surface area (TPSA) is 62.3 Å². The van der Waals surface area contributed by atoms with Gasteiger partial charge in [0.2, 0.25) is 10.0 Å². The summed E-state index contributed by atoms with van der Waals surface area (Å²) in [6.07, 6.45) is 1.39. The van der Waals surface area contributed by atoms with E-state index in [-0.39, 0.29) is 4.90 Å². The summed E-state index contributed by atoms with van der Waals surface area (Å²) in [6, 6.07) is 7.08. The van der Waals surface area contributed by atoms with Crippen LogP contribution in [0.4, 0.5) is 5.82 Å². The maximum Gasteiger partial charge on any atom is 0.244 e. The standard InChI is InChI=1S/C13H17N3O2S2/c1-3-14-13-7-6-12(9-15-13)20(17,18)16(2)10-11-5-4-8-19-11/h4-9H,3,10H2,1-2H3,(H,14,15). The lowest BCUT2D eigenvalue weighted by atomic mass is 10.4. The van der Waals surface area contributed by atoms with Gasteiger partial charge >= 0.3 is 0 Å². The number of nitrogens with one attached hydrogen (secondary N) is 1. The van der Waals surface area contributed by atoms with Crippen molar-refractivity contribution in [3.63, 3.8) is 0 Å². The Kier molecular flexibility index (Phi) is 4.74. The Morgan fingerprint density at radius 3 is 2.70 bits per heavy atom. The van der Waals surface area contributed by atoms with E-state index in [2.05, 4.69) is 10.3 Å². The number of anilines is 1. The number of pyridine rings is 1. The molecule has 0 saturated heterocycles. The fourth-order valence-corrected chi connectivity index (χ4v) is 3.64. The molecule has 0 saturated carbocycles. The lowest BCUT2D eigenvalue weighted by Crippen LogP contribution is -2.26. The number of aromatic nitrogens is 1. The number of hydrogen-bond acceptors (Lipinski definition) is 5. The van der Waals surface area contributed by atoms with Gasteiger partial charge in [0.05, 0.1) is 0 Å². The van der Waals surface area contributed by atoms with Gasteiger partial charge in [-0.1, -0.05) is 6.07 Å². The molecule has 0 radical (unpaired) electrons. The van der Waals surface area contributed by atoms with Crippen LogP contribution in [0.5, 0.6) is 0 Å². The van der Waals surface area contributed by atoms with Crippen LogP contribution in [-0.4, -0.2) is 31.3 Å². The summed E-state index contributed by atoms with van der Waals surface area (Å²) in [7, 11) is -1.92. The zero-order valence-electron chi connectivity index (χ0n) is 11.4. The highest BCUT2D eigenvalue weighted by Gasteiger charge is 2.21. The zero-order chi connectivity index (χ0) is 14.6. The molecule has 108 valence electrons. The first-order valence-electron chi connectivity index (χ1n) is 6.22. The smallest absolute Gasteiger partial charge is 0.244 e. The van der Waals surface area contributed by atoms with Crippen LogP contribution in [0.2, 0.25) is 0 Å². The molecule has 2 aromatic heterocycles. The Morgan fingerprint density at radius 1 is 1.35 bits per heavy atom. The first-order chi connectivity index (χ1) is 9.54. The van der Waals surface area contributed by atoms with E-state index in [0.29, 0.717) is 12.4 Å². The molecule has 0 spiro atoms. The molecule has 20 heavy (non-hydrogen) atoms. The van der Waals surface area contributed by atoms with Gasteiger partial charge in [0.25, 0.3) is 0 Å². The SMILES string of the molecule is CCNc1ccc(S(=O)(=O)N(C)Cc2cccs2)cn1. The molecule has 2 heterocycles. The van der Waals surface area contributed by atoms with Crippen LogP contribution in [0.1, 0.15) is 11.8 Å². The van der Waals surface area contributed by atoms with Crippen LogP contribution >= 0.6 is 11.3 Å². The van der Waals surface area contributed by atoms with Crippen molar-refractivity contribution in [2.45, 2.75) is 18.4 Å². The highest BCUT2D eigenvalue weighted by Crippen LogP contribution is 2.19. The fourth-order valence-electron chi connectivity index (χ4n) is 1.71. The van der Waals surface area contributed by atoms with Crippen LogP contribution in [0.15, 0.2) is 40.7 Å². The van der Waals surface area contributed by atoms with E-state index in [1.807, 2.05) is 24.4 Å². The van der Waals surface area contributed by atoms with E-state index in [0.717, 1.165) is 11.4 Å². The maximum absolute atomic E-state index is 12.4. The van der Waals surface area contributed by atoms with Gasteiger partial charge in [-0.2, -0.15) is 4.31 Å². The van der Waals surface area contributed by atoms with E-state index in [4.69, 9.17) is 0 Å². The van der Waals surface area contributed by atoms with E-state index < -0.39 is 10.0 Å². The predicted molar refractivity (Wildman–Crippen MR) is 81.4 cm³/mol. The van der Waals surface area contributed by atoms with Crippen molar-refractivity contribution in [1.29, 1.82) is 0 Å². The minimum Gasteiger partial charge on any atom is -0.370 e. The Bertz CT molecular complexity index is 637. The number of thiophene rings is 1. The van der Waals surface area contributed by atoms with Gasteiger partial charge in [-0.15, -0.1) is 11.3 Å². The molecular weight excluding hydrogens is 294 g/mol.